The smallest absolute Gasteiger partial charge is 0.387 e. The summed E-state index contributed by atoms with van der Waals surface area (Å²) in [6.45, 7) is 0.302. The van der Waals surface area contributed by atoms with Gasteiger partial charge in [0.2, 0.25) is 5.91 Å². The maximum absolute atomic E-state index is 12.3. The molecule has 2 N–H and O–H groups in total. The van der Waals surface area contributed by atoms with Crippen molar-refractivity contribution in [3.8, 4) is 5.75 Å². The number of carbonyl (C=O) groups is 2. The van der Waals surface area contributed by atoms with E-state index in [1.807, 2.05) is 0 Å². The number of alkyl halides is 2. The summed E-state index contributed by atoms with van der Waals surface area (Å²) >= 11 is 0. The molecule has 0 aliphatic rings. The highest BCUT2D eigenvalue weighted by Gasteiger charge is 2.20. The van der Waals surface area contributed by atoms with Gasteiger partial charge in [-0.1, -0.05) is 12.1 Å². The van der Waals surface area contributed by atoms with E-state index in [1.54, 1.807) is 25.1 Å². The Morgan fingerprint density at radius 3 is 2.52 bits per heavy atom. The Kier molecular flexibility index (Phi) is 6.10. The fourth-order valence-corrected chi connectivity index (χ4v) is 2.12. The first-order valence-electron chi connectivity index (χ1n) is 7.56. The maximum Gasteiger partial charge on any atom is 0.387 e. The molecule has 0 aliphatic heterocycles. The van der Waals surface area contributed by atoms with E-state index < -0.39 is 30.5 Å². The Balaban J connectivity index is 1.93. The van der Waals surface area contributed by atoms with Crippen molar-refractivity contribution in [3.63, 3.8) is 0 Å². The van der Waals surface area contributed by atoms with Crippen molar-refractivity contribution >= 4 is 11.8 Å². The maximum atomic E-state index is 12.3. The summed E-state index contributed by atoms with van der Waals surface area (Å²) in [6, 6.07) is 7.83. The lowest BCUT2D eigenvalue weighted by Crippen LogP contribution is -2.45. The number of nitrogens with one attached hydrogen (secondary N) is 2. The third-order valence-electron chi connectivity index (χ3n) is 3.43. The van der Waals surface area contributed by atoms with Gasteiger partial charge < -0.3 is 19.8 Å². The Morgan fingerprint density at radius 2 is 1.88 bits per heavy atom. The van der Waals surface area contributed by atoms with E-state index in [1.165, 1.54) is 31.4 Å². The average Bonchev–Trinajstić information content (AvgIpc) is 3.08. The molecule has 0 fully saturated rings. The molecule has 0 saturated carbocycles. The van der Waals surface area contributed by atoms with Gasteiger partial charge in [-0.3, -0.25) is 9.59 Å². The third kappa shape index (κ3) is 5.30. The second-order valence-corrected chi connectivity index (χ2v) is 5.35. The number of halogens is 2. The first-order chi connectivity index (χ1) is 11.9. The zero-order valence-corrected chi connectivity index (χ0v) is 13.7. The van der Waals surface area contributed by atoms with Crippen LogP contribution in [-0.4, -0.2) is 24.5 Å². The zero-order chi connectivity index (χ0) is 18.4. The molecule has 2 unspecified atom stereocenters. The van der Waals surface area contributed by atoms with E-state index in [9.17, 15) is 18.4 Å². The SMILES string of the molecule is CC(NC(=O)c1ccco1)C(=O)NC(C)c1cccc(OC(F)F)c1. The summed E-state index contributed by atoms with van der Waals surface area (Å²) in [6.07, 6.45) is 1.36. The first-order valence-corrected chi connectivity index (χ1v) is 7.56. The predicted molar refractivity (Wildman–Crippen MR) is 85.3 cm³/mol. The van der Waals surface area contributed by atoms with Crippen molar-refractivity contribution in [2.45, 2.75) is 32.5 Å². The molecule has 1 aromatic heterocycles. The highest BCUT2D eigenvalue weighted by molar-refractivity contribution is 5.95. The normalized spacial score (nSPS) is 13.2. The van der Waals surface area contributed by atoms with Gasteiger partial charge in [0, 0.05) is 0 Å². The molecule has 1 aromatic carbocycles. The Bertz CT molecular complexity index is 719. The number of benzene rings is 1. The molecule has 2 rings (SSSR count). The summed E-state index contributed by atoms with van der Waals surface area (Å²) in [5.74, 6) is -0.822. The minimum absolute atomic E-state index is 0.00719. The van der Waals surface area contributed by atoms with Crippen LogP contribution < -0.4 is 15.4 Å². The average molecular weight is 352 g/mol. The minimum Gasteiger partial charge on any atom is -0.459 e. The molecule has 0 aliphatic carbocycles. The molecular weight excluding hydrogens is 334 g/mol. The lowest BCUT2D eigenvalue weighted by atomic mass is 10.1. The van der Waals surface area contributed by atoms with Crippen LogP contribution in [0.4, 0.5) is 8.78 Å². The first kappa shape index (κ1) is 18.4. The fourth-order valence-electron chi connectivity index (χ4n) is 2.12. The number of carbonyl (C=O) groups excluding carboxylic acids is 2. The van der Waals surface area contributed by atoms with E-state index in [-0.39, 0.29) is 11.5 Å². The molecule has 2 aromatic rings. The van der Waals surface area contributed by atoms with Crippen LogP contribution in [0.2, 0.25) is 0 Å². The Morgan fingerprint density at radius 1 is 1.12 bits per heavy atom. The van der Waals surface area contributed by atoms with Gasteiger partial charge in [-0.05, 0) is 43.7 Å². The van der Waals surface area contributed by atoms with E-state index in [2.05, 4.69) is 15.4 Å². The Hall–Kier alpha value is -2.90. The van der Waals surface area contributed by atoms with Gasteiger partial charge in [0.25, 0.3) is 5.91 Å². The molecule has 0 radical (unpaired) electrons. The van der Waals surface area contributed by atoms with Gasteiger partial charge in [-0.15, -0.1) is 0 Å². The van der Waals surface area contributed by atoms with Crippen molar-refractivity contribution in [2.75, 3.05) is 0 Å². The molecule has 0 saturated heterocycles. The molecule has 25 heavy (non-hydrogen) atoms. The van der Waals surface area contributed by atoms with Crippen LogP contribution in [-0.2, 0) is 4.79 Å². The van der Waals surface area contributed by atoms with Crippen LogP contribution in [0, 0.1) is 0 Å². The highest BCUT2D eigenvalue weighted by Crippen LogP contribution is 2.20. The van der Waals surface area contributed by atoms with E-state index in [0.29, 0.717) is 5.56 Å². The highest BCUT2D eigenvalue weighted by atomic mass is 19.3. The van der Waals surface area contributed by atoms with E-state index in [0.717, 1.165) is 0 Å². The van der Waals surface area contributed by atoms with Gasteiger partial charge in [0.1, 0.15) is 11.8 Å². The third-order valence-corrected chi connectivity index (χ3v) is 3.43. The molecule has 8 heteroatoms. The van der Waals surface area contributed by atoms with E-state index >= 15 is 0 Å². The van der Waals surface area contributed by atoms with Crippen LogP contribution >= 0.6 is 0 Å². The Labute approximate surface area is 143 Å². The molecule has 1 heterocycles. The number of hydrogen-bond donors (Lipinski definition) is 2. The topological polar surface area (TPSA) is 80.6 Å². The standard InChI is InChI=1S/C17H18F2N2O4/c1-10(12-5-3-6-13(9-12)25-17(18)19)20-15(22)11(2)21-16(23)14-7-4-8-24-14/h3-11,17H,1-2H3,(H,20,22)(H,21,23). The summed E-state index contributed by atoms with van der Waals surface area (Å²) < 4.78 is 33.8. The molecule has 134 valence electrons. The molecule has 0 spiro atoms. The molecule has 0 bridgehead atoms. The fraction of sp³-hybridized carbons (Fsp3) is 0.294. The van der Waals surface area contributed by atoms with Gasteiger partial charge in [-0.25, -0.2) is 0 Å². The molecular formula is C17H18F2N2O4. The lowest BCUT2D eigenvalue weighted by molar-refractivity contribution is -0.123. The van der Waals surface area contributed by atoms with Crippen molar-refractivity contribution in [3.05, 3.63) is 54.0 Å². The number of hydrogen-bond acceptors (Lipinski definition) is 4. The van der Waals surface area contributed by atoms with Gasteiger partial charge >= 0.3 is 6.61 Å². The largest absolute Gasteiger partial charge is 0.459 e. The monoisotopic (exact) mass is 352 g/mol. The van der Waals surface area contributed by atoms with Crippen LogP contribution in [0.3, 0.4) is 0 Å². The number of amides is 2. The summed E-state index contributed by atoms with van der Waals surface area (Å²) in [7, 11) is 0. The van der Waals surface area contributed by atoms with Crippen LogP contribution in [0.25, 0.3) is 0 Å². The zero-order valence-electron chi connectivity index (χ0n) is 13.7. The van der Waals surface area contributed by atoms with Crippen molar-refractivity contribution in [1.29, 1.82) is 0 Å². The molecule has 6 nitrogen and oxygen atoms in total. The van der Waals surface area contributed by atoms with Crippen molar-refractivity contribution in [1.82, 2.24) is 10.6 Å². The second kappa shape index (κ2) is 8.27. The van der Waals surface area contributed by atoms with Crippen molar-refractivity contribution in [2.24, 2.45) is 0 Å². The van der Waals surface area contributed by atoms with Crippen LogP contribution in [0.1, 0.15) is 36.0 Å². The number of ether oxygens (including phenoxy) is 1. The quantitative estimate of drug-likeness (QED) is 0.803. The summed E-state index contributed by atoms with van der Waals surface area (Å²) in [4.78, 5) is 24.0. The van der Waals surface area contributed by atoms with E-state index in [4.69, 9.17) is 4.42 Å². The minimum atomic E-state index is -2.92. The van der Waals surface area contributed by atoms with Crippen molar-refractivity contribution < 1.29 is 27.5 Å². The summed E-state index contributed by atoms with van der Waals surface area (Å²) in [5, 5.41) is 5.21. The predicted octanol–water partition coefficient (Wildman–Crippen LogP) is 2.88. The van der Waals surface area contributed by atoms with Gasteiger partial charge in [0.05, 0.1) is 12.3 Å². The molecule has 2 atom stereocenters. The number of furan rings is 1. The lowest BCUT2D eigenvalue weighted by Gasteiger charge is -2.19. The second-order valence-electron chi connectivity index (χ2n) is 5.35. The summed E-state index contributed by atoms with van der Waals surface area (Å²) in [5.41, 5.74) is 0.594. The van der Waals surface area contributed by atoms with Crippen LogP contribution in [0.15, 0.2) is 47.1 Å². The molecule has 2 amide bonds. The van der Waals surface area contributed by atoms with Crippen LogP contribution in [0.5, 0.6) is 5.75 Å². The number of rotatable bonds is 7. The van der Waals surface area contributed by atoms with Gasteiger partial charge in [0.15, 0.2) is 5.76 Å². The van der Waals surface area contributed by atoms with Gasteiger partial charge in [-0.2, -0.15) is 8.78 Å².